The number of fused-ring (bicyclic) bond motifs is 1. The van der Waals surface area contributed by atoms with Crippen molar-refractivity contribution >= 4 is 22.8 Å². The number of carbonyl (C=O) groups is 2. The van der Waals surface area contributed by atoms with Crippen molar-refractivity contribution in [2.75, 3.05) is 0 Å². The fourth-order valence-electron chi connectivity index (χ4n) is 4.15. The number of carboxylic acids is 1. The quantitative estimate of drug-likeness (QED) is 0.419. The van der Waals surface area contributed by atoms with Gasteiger partial charge in [-0.25, -0.2) is 4.79 Å². The van der Waals surface area contributed by atoms with Crippen LogP contribution in [0.25, 0.3) is 10.9 Å². The molecule has 0 aliphatic rings. The number of amides is 1. The molecule has 1 amide bonds. The number of benzene rings is 3. The molecule has 3 N–H and O–H groups in total. The van der Waals surface area contributed by atoms with E-state index in [1.54, 1.807) is 0 Å². The molecule has 0 saturated carbocycles. The van der Waals surface area contributed by atoms with Crippen LogP contribution in [0.3, 0.4) is 0 Å². The summed E-state index contributed by atoms with van der Waals surface area (Å²) in [5.41, 5.74) is 4.99. The molecule has 5 heteroatoms. The van der Waals surface area contributed by atoms with Crippen LogP contribution in [0, 0.1) is 0 Å². The first-order valence-electron chi connectivity index (χ1n) is 10.2. The Morgan fingerprint density at radius 3 is 1.97 bits per heavy atom. The molecule has 1 aromatic heterocycles. The molecule has 0 radical (unpaired) electrons. The number of hydrogen-bond acceptors (Lipinski definition) is 2. The molecule has 1 atom stereocenters. The number of carboxylic acid groups (broad SMARTS) is 1. The molecular weight excluding hydrogens is 388 g/mol. The average molecular weight is 412 g/mol. The van der Waals surface area contributed by atoms with Crippen LogP contribution in [0.5, 0.6) is 0 Å². The number of H-pyrrole nitrogens is 1. The second-order valence-corrected chi connectivity index (χ2v) is 7.61. The molecule has 31 heavy (non-hydrogen) atoms. The van der Waals surface area contributed by atoms with Crippen LogP contribution in [0.2, 0.25) is 0 Å². The van der Waals surface area contributed by atoms with Gasteiger partial charge < -0.3 is 15.4 Å². The number of para-hydroxylation sites is 1. The minimum atomic E-state index is -1.05. The molecule has 1 unspecified atom stereocenters. The molecule has 4 aromatic rings. The zero-order valence-corrected chi connectivity index (χ0v) is 17.2. The lowest BCUT2D eigenvalue weighted by Gasteiger charge is -2.21. The van der Waals surface area contributed by atoms with E-state index in [-0.39, 0.29) is 18.2 Å². The normalized spacial score (nSPS) is 12.1. The predicted molar refractivity (Wildman–Crippen MR) is 121 cm³/mol. The first-order valence-corrected chi connectivity index (χ1v) is 10.2. The summed E-state index contributed by atoms with van der Waals surface area (Å²) in [7, 11) is 0. The van der Waals surface area contributed by atoms with Gasteiger partial charge in [-0.1, -0.05) is 78.9 Å². The zero-order chi connectivity index (χ0) is 21.8. The summed E-state index contributed by atoms with van der Waals surface area (Å²) < 4.78 is 0. The van der Waals surface area contributed by atoms with Gasteiger partial charge in [-0.05, 0) is 22.8 Å². The summed E-state index contributed by atoms with van der Waals surface area (Å²) in [5.74, 6) is -1.52. The molecule has 0 fully saturated rings. The highest BCUT2D eigenvalue weighted by Crippen LogP contribution is 2.37. The fraction of sp³-hybridized carbons (Fsp3) is 0.154. The third-order valence-electron chi connectivity index (χ3n) is 5.48. The number of rotatable bonds is 7. The van der Waals surface area contributed by atoms with E-state index in [1.807, 2.05) is 60.7 Å². The number of nitrogens with one attached hydrogen (secondary N) is 2. The van der Waals surface area contributed by atoms with Crippen LogP contribution in [0.4, 0.5) is 0 Å². The minimum absolute atomic E-state index is 0.100. The highest BCUT2D eigenvalue weighted by Gasteiger charge is 2.27. The van der Waals surface area contributed by atoms with Crippen LogP contribution in [-0.2, 0) is 16.0 Å². The average Bonchev–Trinajstić information content (AvgIpc) is 3.12. The van der Waals surface area contributed by atoms with Crippen molar-refractivity contribution in [3.63, 3.8) is 0 Å². The minimum Gasteiger partial charge on any atom is -0.480 e. The van der Waals surface area contributed by atoms with Crippen LogP contribution < -0.4 is 5.32 Å². The molecule has 3 aromatic carbocycles. The predicted octanol–water partition coefficient (Wildman–Crippen LogP) is 4.48. The third-order valence-corrected chi connectivity index (χ3v) is 5.48. The Labute approximate surface area is 180 Å². The van der Waals surface area contributed by atoms with E-state index in [0.717, 1.165) is 33.3 Å². The molecule has 0 aliphatic carbocycles. The van der Waals surface area contributed by atoms with E-state index in [1.165, 1.54) is 6.92 Å². The standard InChI is InChI=1S/C26H24N2O3/c1-17(29)27-23(26(30)31)16-21-20-14-8-9-15-22(20)28-25(21)24(18-10-4-2-5-11-18)19-12-6-3-7-13-19/h2-15,23-24,28H,16H2,1H3,(H,27,29)(H,30,31). The van der Waals surface area contributed by atoms with Gasteiger partial charge in [-0.2, -0.15) is 0 Å². The van der Waals surface area contributed by atoms with Crippen molar-refractivity contribution < 1.29 is 14.7 Å². The molecule has 1 heterocycles. The monoisotopic (exact) mass is 412 g/mol. The van der Waals surface area contributed by atoms with Crippen molar-refractivity contribution in [2.45, 2.75) is 25.3 Å². The van der Waals surface area contributed by atoms with E-state index >= 15 is 0 Å². The van der Waals surface area contributed by atoms with Gasteiger partial charge in [0.15, 0.2) is 0 Å². The van der Waals surface area contributed by atoms with Gasteiger partial charge in [0, 0.05) is 35.9 Å². The van der Waals surface area contributed by atoms with Crippen LogP contribution >= 0.6 is 0 Å². The third kappa shape index (κ3) is 4.36. The number of hydrogen-bond donors (Lipinski definition) is 3. The Hall–Kier alpha value is -3.86. The summed E-state index contributed by atoms with van der Waals surface area (Å²) in [6.45, 7) is 1.34. The molecule has 4 rings (SSSR count). The molecule has 0 aliphatic heterocycles. The molecule has 156 valence electrons. The summed E-state index contributed by atoms with van der Waals surface area (Å²) in [4.78, 5) is 27.1. The lowest BCUT2D eigenvalue weighted by Crippen LogP contribution is -2.41. The summed E-state index contributed by atoms with van der Waals surface area (Å²) in [5, 5.41) is 13.3. The topological polar surface area (TPSA) is 82.2 Å². The van der Waals surface area contributed by atoms with E-state index in [9.17, 15) is 14.7 Å². The smallest absolute Gasteiger partial charge is 0.326 e. The van der Waals surface area contributed by atoms with Crippen molar-refractivity contribution in [1.82, 2.24) is 10.3 Å². The van der Waals surface area contributed by atoms with E-state index < -0.39 is 12.0 Å². The number of aromatic nitrogens is 1. The van der Waals surface area contributed by atoms with Crippen molar-refractivity contribution in [1.29, 1.82) is 0 Å². The number of aromatic amines is 1. The van der Waals surface area contributed by atoms with Crippen LogP contribution in [-0.4, -0.2) is 28.0 Å². The number of aliphatic carboxylic acids is 1. The maximum atomic E-state index is 11.9. The van der Waals surface area contributed by atoms with Gasteiger partial charge in [-0.15, -0.1) is 0 Å². The van der Waals surface area contributed by atoms with E-state index in [2.05, 4.69) is 34.6 Å². The van der Waals surface area contributed by atoms with Gasteiger partial charge in [-0.3, -0.25) is 4.79 Å². The summed E-state index contributed by atoms with van der Waals surface area (Å²) >= 11 is 0. The van der Waals surface area contributed by atoms with E-state index in [0.29, 0.717) is 0 Å². The Balaban J connectivity index is 1.91. The van der Waals surface area contributed by atoms with Crippen LogP contribution in [0.1, 0.15) is 35.2 Å². The SMILES string of the molecule is CC(=O)NC(Cc1c(C(c2ccccc2)c2ccccc2)[nH]c2ccccc12)C(=O)O. The molecular formula is C26H24N2O3. The van der Waals surface area contributed by atoms with Gasteiger partial charge in [0.25, 0.3) is 0 Å². The second kappa shape index (κ2) is 8.88. The summed E-state index contributed by atoms with van der Waals surface area (Å²) in [6, 6.07) is 27.2. The Kier molecular flexibility index (Phi) is 5.85. The highest BCUT2D eigenvalue weighted by molar-refractivity contribution is 5.87. The lowest BCUT2D eigenvalue weighted by molar-refractivity contribution is -0.141. The molecule has 0 saturated heterocycles. The Morgan fingerprint density at radius 2 is 1.42 bits per heavy atom. The van der Waals surface area contributed by atoms with Gasteiger partial charge in [0.2, 0.25) is 5.91 Å². The van der Waals surface area contributed by atoms with Gasteiger partial charge >= 0.3 is 5.97 Å². The molecule has 0 bridgehead atoms. The van der Waals surface area contributed by atoms with Gasteiger partial charge in [0.1, 0.15) is 6.04 Å². The maximum Gasteiger partial charge on any atom is 0.326 e. The molecule has 5 nitrogen and oxygen atoms in total. The van der Waals surface area contributed by atoms with Crippen LogP contribution in [0.15, 0.2) is 84.9 Å². The first kappa shape index (κ1) is 20.4. The second-order valence-electron chi connectivity index (χ2n) is 7.61. The lowest BCUT2D eigenvalue weighted by atomic mass is 9.85. The van der Waals surface area contributed by atoms with E-state index in [4.69, 9.17) is 0 Å². The number of carbonyl (C=O) groups excluding carboxylic acids is 1. The zero-order valence-electron chi connectivity index (χ0n) is 17.2. The molecule has 0 spiro atoms. The van der Waals surface area contributed by atoms with Crippen molar-refractivity contribution in [2.24, 2.45) is 0 Å². The van der Waals surface area contributed by atoms with Crippen molar-refractivity contribution in [3.05, 3.63) is 107 Å². The highest BCUT2D eigenvalue weighted by atomic mass is 16.4. The largest absolute Gasteiger partial charge is 0.480 e. The Bertz CT molecular complexity index is 1160. The fourth-order valence-corrected chi connectivity index (χ4v) is 4.15. The summed E-state index contributed by atoms with van der Waals surface area (Å²) in [6.07, 6.45) is 0.185. The first-order chi connectivity index (χ1) is 15.0. The van der Waals surface area contributed by atoms with Gasteiger partial charge in [0.05, 0.1) is 0 Å². The van der Waals surface area contributed by atoms with Crippen molar-refractivity contribution in [3.8, 4) is 0 Å². The maximum absolute atomic E-state index is 11.9. The Morgan fingerprint density at radius 1 is 0.871 bits per heavy atom.